The van der Waals surface area contributed by atoms with Crippen molar-refractivity contribution in [3.63, 3.8) is 0 Å². The molecule has 0 unspecified atom stereocenters. The van der Waals surface area contributed by atoms with Gasteiger partial charge in [-0.2, -0.15) is 5.10 Å². The number of likely N-dealkylation sites (tertiary alicyclic amines) is 1. The molecule has 0 aliphatic carbocycles. The molecule has 0 radical (unpaired) electrons. The van der Waals surface area contributed by atoms with E-state index >= 15 is 0 Å². The van der Waals surface area contributed by atoms with Crippen LogP contribution in [0.15, 0.2) is 24.7 Å². The second kappa shape index (κ2) is 5.59. The van der Waals surface area contributed by atoms with E-state index in [9.17, 15) is 4.79 Å². The van der Waals surface area contributed by atoms with E-state index in [-0.39, 0.29) is 11.9 Å². The summed E-state index contributed by atoms with van der Waals surface area (Å²) in [4.78, 5) is 23.3. The van der Waals surface area contributed by atoms with Crippen molar-refractivity contribution in [1.82, 2.24) is 29.0 Å². The molecule has 1 atom stereocenters. The average molecular weight is 345 g/mol. The Kier molecular flexibility index (Phi) is 3.53. The number of amides is 1. The normalized spacial score (nSPS) is 17.8. The number of hydrogen-bond donors (Lipinski definition) is 0. The van der Waals surface area contributed by atoms with Gasteiger partial charge in [-0.3, -0.25) is 13.9 Å². The van der Waals surface area contributed by atoms with Crippen molar-refractivity contribution in [2.75, 3.05) is 6.54 Å². The number of carbonyl (C=O) groups is 1. The Morgan fingerprint density at radius 3 is 2.96 bits per heavy atom. The number of halogens is 1. The molecule has 124 valence electrons. The fourth-order valence-corrected chi connectivity index (χ4v) is 3.72. The van der Waals surface area contributed by atoms with Gasteiger partial charge in [0.25, 0.3) is 5.91 Å². The van der Waals surface area contributed by atoms with Crippen molar-refractivity contribution < 1.29 is 4.79 Å². The van der Waals surface area contributed by atoms with Gasteiger partial charge in [-0.1, -0.05) is 11.6 Å². The van der Waals surface area contributed by atoms with Gasteiger partial charge < -0.3 is 4.90 Å². The third kappa shape index (κ3) is 2.27. The van der Waals surface area contributed by atoms with E-state index in [4.69, 9.17) is 11.6 Å². The van der Waals surface area contributed by atoms with Gasteiger partial charge in [-0.15, -0.1) is 0 Å². The molecule has 3 aromatic heterocycles. The number of hydrogen-bond acceptors (Lipinski definition) is 4. The Morgan fingerprint density at radius 2 is 2.25 bits per heavy atom. The summed E-state index contributed by atoms with van der Waals surface area (Å²) in [5, 5.41) is 4.97. The molecule has 8 heteroatoms. The molecular weight excluding hydrogens is 328 g/mol. The lowest BCUT2D eigenvalue weighted by Gasteiger charge is -2.24. The molecule has 4 heterocycles. The monoisotopic (exact) mass is 344 g/mol. The van der Waals surface area contributed by atoms with Crippen LogP contribution in [0.25, 0.3) is 5.78 Å². The molecular formula is C16H17ClN6O. The summed E-state index contributed by atoms with van der Waals surface area (Å²) in [5.74, 6) is 0.425. The molecule has 24 heavy (non-hydrogen) atoms. The second-order valence-corrected chi connectivity index (χ2v) is 6.38. The summed E-state index contributed by atoms with van der Waals surface area (Å²) < 4.78 is 3.41. The molecule has 1 amide bonds. The van der Waals surface area contributed by atoms with Gasteiger partial charge in [0.05, 0.1) is 11.7 Å². The molecule has 0 aromatic carbocycles. The lowest BCUT2D eigenvalue weighted by atomic mass is 10.1. The molecule has 1 aliphatic rings. The number of fused-ring (bicyclic) bond motifs is 1. The molecule has 0 N–H and O–H groups in total. The van der Waals surface area contributed by atoms with Crippen molar-refractivity contribution in [3.8, 4) is 0 Å². The Labute approximate surface area is 143 Å². The van der Waals surface area contributed by atoms with Crippen molar-refractivity contribution in [2.24, 2.45) is 7.05 Å². The number of aromatic nitrogens is 5. The van der Waals surface area contributed by atoms with Gasteiger partial charge in [-0.25, -0.2) is 9.97 Å². The van der Waals surface area contributed by atoms with E-state index in [0.29, 0.717) is 23.2 Å². The first kappa shape index (κ1) is 15.1. The molecule has 0 bridgehead atoms. The van der Waals surface area contributed by atoms with Crippen LogP contribution in [0.5, 0.6) is 0 Å². The fourth-order valence-electron chi connectivity index (χ4n) is 3.42. The van der Waals surface area contributed by atoms with E-state index in [2.05, 4.69) is 15.1 Å². The molecule has 1 aliphatic heterocycles. The highest BCUT2D eigenvalue weighted by molar-refractivity contribution is 6.30. The number of rotatable bonds is 2. The highest BCUT2D eigenvalue weighted by atomic mass is 35.5. The maximum absolute atomic E-state index is 13.0. The first-order valence-electron chi connectivity index (χ1n) is 7.86. The molecule has 0 spiro atoms. The summed E-state index contributed by atoms with van der Waals surface area (Å²) in [7, 11) is 1.81. The Morgan fingerprint density at radius 1 is 1.42 bits per heavy atom. The molecule has 3 aromatic rings. The fraction of sp³-hybridized carbons (Fsp3) is 0.375. The zero-order valence-corrected chi connectivity index (χ0v) is 14.2. The smallest absolute Gasteiger partial charge is 0.274 e. The Bertz CT molecular complexity index is 897. The maximum atomic E-state index is 13.0. The SMILES string of the molecule is Cc1nn(C)c(Cl)c1[C@@H]1CCCN1C(=O)c1cn2cccnc2n1. The van der Waals surface area contributed by atoms with Crippen molar-refractivity contribution in [1.29, 1.82) is 0 Å². The van der Waals surface area contributed by atoms with E-state index in [1.165, 1.54) is 0 Å². The van der Waals surface area contributed by atoms with E-state index in [1.54, 1.807) is 27.5 Å². The second-order valence-electron chi connectivity index (χ2n) is 6.02. The minimum atomic E-state index is -0.0951. The van der Waals surface area contributed by atoms with Gasteiger partial charge in [0, 0.05) is 37.7 Å². The molecule has 7 nitrogen and oxygen atoms in total. The van der Waals surface area contributed by atoms with Crippen LogP contribution in [0.1, 0.15) is 40.6 Å². The number of nitrogens with zero attached hydrogens (tertiary/aromatic N) is 6. The third-order valence-electron chi connectivity index (χ3n) is 4.50. The van der Waals surface area contributed by atoms with Crippen LogP contribution in [0.3, 0.4) is 0 Å². The summed E-state index contributed by atoms with van der Waals surface area (Å²) in [5.41, 5.74) is 2.20. The van der Waals surface area contributed by atoms with Gasteiger partial charge in [0.15, 0.2) is 0 Å². The van der Waals surface area contributed by atoms with Gasteiger partial charge in [-0.05, 0) is 25.8 Å². The highest BCUT2D eigenvalue weighted by Crippen LogP contribution is 2.38. The summed E-state index contributed by atoms with van der Waals surface area (Å²) >= 11 is 6.41. The predicted molar refractivity (Wildman–Crippen MR) is 89.0 cm³/mol. The zero-order valence-electron chi connectivity index (χ0n) is 13.5. The molecule has 0 saturated carbocycles. The Balaban J connectivity index is 1.70. The van der Waals surface area contributed by atoms with Gasteiger partial charge in [0.1, 0.15) is 10.8 Å². The predicted octanol–water partition coefficient (Wildman–Crippen LogP) is 2.40. The topological polar surface area (TPSA) is 68.3 Å². The van der Waals surface area contributed by atoms with Crippen LogP contribution in [0, 0.1) is 6.92 Å². The van der Waals surface area contributed by atoms with Gasteiger partial charge >= 0.3 is 0 Å². The van der Waals surface area contributed by atoms with Crippen molar-refractivity contribution in [2.45, 2.75) is 25.8 Å². The molecule has 4 rings (SSSR count). The van der Waals surface area contributed by atoms with E-state index in [1.807, 2.05) is 25.1 Å². The minimum absolute atomic E-state index is 0.0588. The van der Waals surface area contributed by atoms with Crippen LogP contribution in [-0.4, -0.2) is 41.5 Å². The van der Waals surface area contributed by atoms with Gasteiger partial charge in [0.2, 0.25) is 5.78 Å². The lowest BCUT2D eigenvalue weighted by molar-refractivity contribution is 0.0730. The number of aryl methyl sites for hydroxylation is 2. The van der Waals surface area contributed by atoms with Crippen LogP contribution in [0.2, 0.25) is 5.15 Å². The first-order chi connectivity index (χ1) is 11.6. The number of carbonyl (C=O) groups excluding carboxylic acids is 1. The minimum Gasteiger partial charge on any atom is -0.330 e. The van der Waals surface area contributed by atoms with Crippen LogP contribution < -0.4 is 0 Å². The van der Waals surface area contributed by atoms with Crippen LogP contribution in [0.4, 0.5) is 0 Å². The van der Waals surface area contributed by atoms with Crippen molar-refractivity contribution in [3.05, 3.63) is 46.8 Å². The summed E-state index contributed by atoms with van der Waals surface area (Å²) in [6.45, 7) is 2.62. The third-order valence-corrected chi connectivity index (χ3v) is 4.95. The van der Waals surface area contributed by atoms with Crippen molar-refractivity contribution >= 4 is 23.3 Å². The van der Waals surface area contributed by atoms with Crippen LogP contribution in [-0.2, 0) is 7.05 Å². The largest absolute Gasteiger partial charge is 0.330 e. The Hall–Kier alpha value is -2.41. The molecule has 1 saturated heterocycles. The zero-order chi connectivity index (χ0) is 16.8. The maximum Gasteiger partial charge on any atom is 0.274 e. The quantitative estimate of drug-likeness (QED) is 0.716. The average Bonchev–Trinajstić information content (AvgIpc) is 3.25. The standard InChI is InChI=1S/C16H17ClN6O/c1-10-13(14(17)21(2)20-10)12-5-3-8-23(12)15(24)11-9-22-7-4-6-18-16(22)19-11/h4,6-7,9,12H,3,5,8H2,1-2H3/t12-/m0/s1. The van der Waals surface area contributed by atoms with Crippen LogP contribution >= 0.6 is 11.6 Å². The molecule has 1 fully saturated rings. The summed E-state index contributed by atoms with van der Waals surface area (Å²) in [6, 6.07) is 1.75. The number of imidazole rings is 1. The van der Waals surface area contributed by atoms with E-state index < -0.39 is 0 Å². The summed E-state index contributed by atoms with van der Waals surface area (Å²) in [6.07, 6.45) is 7.03. The first-order valence-corrected chi connectivity index (χ1v) is 8.23. The van der Waals surface area contributed by atoms with E-state index in [0.717, 1.165) is 24.1 Å². The highest BCUT2D eigenvalue weighted by Gasteiger charge is 2.35. The lowest BCUT2D eigenvalue weighted by Crippen LogP contribution is -2.31.